The van der Waals surface area contributed by atoms with E-state index >= 15 is 0 Å². The van der Waals surface area contributed by atoms with Gasteiger partial charge in [0, 0.05) is 11.1 Å². The van der Waals surface area contributed by atoms with Crippen LogP contribution in [0.1, 0.15) is 43.0 Å². The van der Waals surface area contributed by atoms with E-state index in [1.165, 1.54) is 18.2 Å². The van der Waals surface area contributed by atoms with Gasteiger partial charge in [-0.05, 0) is 30.0 Å². The Balaban J connectivity index is 2.56. The average molecular weight is 309 g/mol. The molecule has 0 unspecified atom stereocenters. The van der Waals surface area contributed by atoms with E-state index < -0.39 is 5.92 Å². The van der Waals surface area contributed by atoms with Crippen molar-refractivity contribution >= 4 is 11.6 Å². The minimum absolute atomic E-state index is 0.0407. The maximum atomic E-state index is 14.8. The first kappa shape index (κ1) is 16.0. The Bertz CT molecular complexity index is 637. The zero-order chi connectivity index (χ0) is 15.8. The highest BCUT2D eigenvalue weighted by molar-refractivity contribution is 6.31. The molecule has 0 aromatic heterocycles. The number of alkyl halides is 2. The first-order valence-corrected chi connectivity index (χ1v) is 7.25. The molecule has 0 spiro atoms. The van der Waals surface area contributed by atoms with Gasteiger partial charge in [0.15, 0.2) is 0 Å². The lowest BCUT2D eigenvalue weighted by atomic mass is 9.85. The molecular formula is C18H19ClF2. The Morgan fingerprint density at radius 2 is 1.38 bits per heavy atom. The van der Waals surface area contributed by atoms with Crippen LogP contribution in [-0.2, 0) is 11.3 Å². The van der Waals surface area contributed by atoms with Crippen LogP contribution in [0.5, 0.6) is 0 Å². The fourth-order valence-corrected chi connectivity index (χ4v) is 2.39. The number of hydrogen-bond donors (Lipinski definition) is 0. The van der Waals surface area contributed by atoms with Crippen molar-refractivity contribution in [3.63, 3.8) is 0 Å². The number of benzene rings is 2. The van der Waals surface area contributed by atoms with Gasteiger partial charge in [0.25, 0.3) is 5.92 Å². The molecule has 0 bridgehead atoms. The van der Waals surface area contributed by atoms with Gasteiger partial charge in [-0.2, -0.15) is 8.78 Å². The SMILES string of the molecule is Cc1ccc(C(F)(F)c2cc(C(C)(C)C)ccc2Cl)cc1. The van der Waals surface area contributed by atoms with Crippen molar-refractivity contribution < 1.29 is 8.78 Å². The van der Waals surface area contributed by atoms with E-state index in [1.807, 2.05) is 27.7 Å². The Hall–Kier alpha value is -1.41. The highest BCUT2D eigenvalue weighted by Gasteiger charge is 2.36. The molecule has 0 fully saturated rings. The van der Waals surface area contributed by atoms with Gasteiger partial charge >= 0.3 is 0 Å². The fraction of sp³-hybridized carbons (Fsp3) is 0.333. The molecule has 0 aliphatic carbocycles. The standard InChI is InChI=1S/C18H19ClF2/c1-12-5-7-13(8-6-12)18(20,21)15-11-14(17(2,3)4)9-10-16(15)19/h5-11H,1-4H3. The highest BCUT2D eigenvalue weighted by atomic mass is 35.5. The minimum Gasteiger partial charge on any atom is -0.196 e. The molecule has 0 atom stereocenters. The molecule has 0 saturated heterocycles. The van der Waals surface area contributed by atoms with Gasteiger partial charge in [0.1, 0.15) is 0 Å². The third kappa shape index (κ3) is 3.26. The average Bonchev–Trinajstić information content (AvgIpc) is 2.38. The number of aryl methyl sites for hydroxylation is 1. The van der Waals surface area contributed by atoms with Gasteiger partial charge < -0.3 is 0 Å². The van der Waals surface area contributed by atoms with Crippen molar-refractivity contribution in [1.82, 2.24) is 0 Å². The fourth-order valence-electron chi connectivity index (χ4n) is 2.15. The molecule has 0 radical (unpaired) electrons. The van der Waals surface area contributed by atoms with E-state index in [0.717, 1.165) is 11.1 Å². The molecule has 0 heterocycles. The van der Waals surface area contributed by atoms with Crippen molar-refractivity contribution in [2.75, 3.05) is 0 Å². The molecule has 2 aromatic rings. The van der Waals surface area contributed by atoms with Crippen molar-refractivity contribution in [1.29, 1.82) is 0 Å². The normalized spacial score (nSPS) is 12.5. The van der Waals surface area contributed by atoms with E-state index in [1.54, 1.807) is 24.3 Å². The lowest BCUT2D eigenvalue weighted by molar-refractivity contribution is 0.0428. The van der Waals surface area contributed by atoms with E-state index in [0.29, 0.717) is 0 Å². The lowest BCUT2D eigenvalue weighted by Gasteiger charge is -2.24. The van der Waals surface area contributed by atoms with Gasteiger partial charge in [0.2, 0.25) is 0 Å². The van der Waals surface area contributed by atoms with E-state index in [-0.39, 0.29) is 21.6 Å². The summed E-state index contributed by atoms with van der Waals surface area (Å²) < 4.78 is 29.5. The smallest absolute Gasteiger partial charge is 0.196 e. The Morgan fingerprint density at radius 3 is 1.90 bits per heavy atom. The molecule has 0 aliphatic heterocycles. The summed E-state index contributed by atoms with van der Waals surface area (Å²) in [6.07, 6.45) is 0. The molecule has 0 aliphatic rings. The summed E-state index contributed by atoms with van der Waals surface area (Å²) in [5.74, 6) is -3.11. The Kier molecular flexibility index (Phi) is 4.12. The quantitative estimate of drug-likeness (QED) is 0.630. The van der Waals surface area contributed by atoms with Crippen LogP contribution in [0.4, 0.5) is 8.78 Å². The first-order chi connectivity index (χ1) is 9.62. The van der Waals surface area contributed by atoms with Crippen LogP contribution in [0.2, 0.25) is 5.02 Å². The van der Waals surface area contributed by atoms with Crippen LogP contribution in [0, 0.1) is 6.92 Å². The monoisotopic (exact) mass is 308 g/mol. The summed E-state index contributed by atoms with van der Waals surface area (Å²) in [4.78, 5) is 0. The maximum absolute atomic E-state index is 14.8. The van der Waals surface area contributed by atoms with E-state index in [2.05, 4.69) is 0 Å². The van der Waals surface area contributed by atoms with Crippen molar-refractivity contribution in [2.24, 2.45) is 0 Å². The molecule has 2 rings (SSSR count). The molecular weight excluding hydrogens is 290 g/mol. The molecule has 0 amide bonds. The number of hydrogen-bond acceptors (Lipinski definition) is 0. The summed E-state index contributed by atoms with van der Waals surface area (Å²) >= 11 is 6.03. The molecule has 0 N–H and O–H groups in total. The first-order valence-electron chi connectivity index (χ1n) is 6.88. The molecule has 0 nitrogen and oxygen atoms in total. The summed E-state index contributed by atoms with van der Waals surface area (Å²) in [6, 6.07) is 11.2. The van der Waals surface area contributed by atoms with Gasteiger partial charge in [-0.1, -0.05) is 68.3 Å². The number of halogens is 3. The summed E-state index contributed by atoms with van der Waals surface area (Å²) in [6.45, 7) is 7.84. The second-order valence-corrected chi connectivity index (χ2v) is 6.79. The topological polar surface area (TPSA) is 0 Å². The Labute approximate surface area is 129 Å². The molecule has 2 aromatic carbocycles. The van der Waals surface area contributed by atoms with Gasteiger partial charge in [-0.3, -0.25) is 0 Å². The summed E-state index contributed by atoms with van der Waals surface area (Å²) in [5, 5.41) is 0.0913. The predicted molar refractivity (Wildman–Crippen MR) is 84.3 cm³/mol. The van der Waals surface area contributed by atoms with Crippen LogP contribution in [0.15, 0.2) is 42.5 Å². The maximum Gasteiger partial charge on any atom is 0.299 e. The summed E-state index contributed by atoms with van der Waals surface area (Å²) in [5.41, 5.74) is 1.40. The van der Waals surface area contributed by atoms with Crippen molar-refractivity contribution in [3.05, 3.63) is 69.7 Å². The second kappa shape index (κ2) is 5.42. The van der Waals surface area contributed by atoms with Crippen molar-refractivity contribution in [2.45, 2.75) is 39.0 Å². The molecule has 3 heteroatoms. The van der Waals surface area contributed by atoms with E-state index in [9.17, 15) is 8.78 Å². The summed E-state index contributed by atoms with van der Waals surface area (Å²) in [7, 11) is 0. The van der Waals surface area contributed by atoms with Crippen LogP contribution in [-0.4, -0.2) is 0 Å². The van der Waals surface area contributed by atoms with Gasteiger partial charge in [-0.15, -0.1) is 0 Å². The van der Waals surface area contributed by atoms with Crippen LogP contribution >= 0.6 is 11.6 Å². The van der Waals surface area contributed by atoms with Crippen LogP contribution < -0.4 is 0 Å². The zero-order valence-corrected chi connectivity index (χ0v) is 13.4. The van der Waals surface area contributed by atoms with Crippen LogP contribution in [0.25, 0.3) is 0 Å². The molecule has 0 saturated carbocycles. The molecule has 112 valence electrons. The zero-order valence-electron chi connectivity index (χ0n) is 12.7. The number of rotatable bonds is 2. The van der Waals surface area contributed by atoms with Crippen molar-refractivity contribution in [3.8, 4) is 0 Å². The Morgan fingerprint density at radius 1 is 0.857 bits per heavy atom. The third-order valence-electron chi connectivity index (χ3n) is 3.58. The third-order valence-corrected chi connectivity index (χ3v) is 3.91. The molecule has 21 heavy (non-hydrogen) atoms. The lowest BCUT2D eigenvalue weighted by Crippen LogP contribution is -2.18. The van der Waals surface area contributed by atoms with Crippen LogP contribution in [0.3, 0.4) is 0 Å². The van der Waals surface area contributed by atoms with Gasteiger partial charge in [0.05, 0.1) is 5.02 Å². The van der Waals surface area contributed by atoms with Gasteiger partial charge in [-0.25, -0.2) is 0 Å². The second-order valence-electron chi connectivity index (χ2n) is 6.39. The predicted octanol–water partition coefficient (Wildman–Crippen LogP) is 6.09. The minimum atomic E-state index is -3.11. The highest BCUT2D eigenvalue weighted by Crippen LogP contribution is 2.41. The van der Waals surface area contributed by atoms with E-state index in [4.69, 9.17) is 11.6 Å². The largest absolute Gasteiger partial charge is 0.299 e.